The number of benzene rings is 1. The molecule has 20 heavy (non-hydrogen) atoms. The van der Waals surface area contributed by atoms with E-state index in [4.69, 9.17) is 4.74 Å². The van der Waals surface area contributed by atoms with Crippen molar-refractivity contribution < 1.29 is 19.5 Å². The molecule has 108 valence electrons. The first-order valence-corrected chi connectivity index (χ1v) is 6.30. The van der Waals surface area contributed by atoms with Gasteiger partial charge in [0.05, 0.1) is 0 Å². The average molecular weight is 279 g/mol. The van der Waals surface area contributed by atoms with Crippen molar-refractivity contribution in [1.82, 2.24) is 0 Å². The Hall–Kier alpha value is -2.37. The van der Waals surface area contributed by atoms with Crippen LogP contribution in [0.25, 0.3) is 0 Å². The Balaban J connectivity index is 2.44. The van der Waals surface area contributed by atoms with Crippen LogP contribution >= 0.6 is 0 Å². The van der Waals surface area contributed by atoms with Gasteiger partial charge in [0, 0.05) is 6.42 Å². The van der Waals surface area contributed by atoms with E-state index in [2.05, 4.69) is 4.84 Å². The van der Waals surface area contributed by atoms with Gasteiger partial charge in [0.1, 0.15) is 12.4 Å². The van der Waals surface area contributed by atoms with Crippen LogP contribution < -0.4 is 4.74 Å². The summed E-state index contributed by atoms with van der Waals surface area (Å²) in [4.78, 5) is 25.9. The predicted octanol–water partition coefficient (Wildman–Crippen LogP) is 3.05. The Kier molecular flexibility index (Phi) is 6.81. The third-order valence-electron chi connectivity index (χ3n) is 2.45. The molecule has 0 aromatic heterocycles. The lowest BCUT2D eigenvalue weighted by molar-refractivity contribution is -0.763. The summed E-state index contributed by atoms with van der Waals surface area (Å²) in [6, 6.07) is 6.49. The molecule has 0 spiro atoms. The molecular weight excluding hydrogens is 262 g/mol. The number of rotatable bonds is 8. The van der Waals surface area contributed by atoms with Gasteiger partial charge in [-0.05, 0) is 37.5 Å². The molecule has 0 radical (unpaired) electrons. The number of carbonyl (C=O) groups excluding carboxylic acids is 1. The maximum atomic E-state index is 11.6. The minimum Gasteiger partial charge on any atom is -0.427 e. The van der Waals surface area contributed by atoms with Gasteiger partial charge in [-0.2, -0.15) is 0 Å². The Morgan fingerprint density at radius 1 is 1.45 bits per heavy atom. The molecule has 0 aliphatic rings. The second-order valence-electron chi connectivity index (χ2n) is 4.08. The van der Waals surface area contributed by atoms with Gasteiger partial charge in [0.2, 0.25) is 0 Å². The topological polar surface area (TPSA) is 78.7 Å². The Morgan fingerprint density at radius 2 is 2.25 bits per heavy atom. The highest BCUT2D eigenvalue weighted by atomic mass is 16.9. The van der Waals surface area contributed by atoms with Crippen LogP contribution in [-0.2, 0) is 16.2 Å². The smallest absolute Gasteiger partial charge is 0.311 e. The summed E-state index contributed by atoms with van der Waals surface area (Å²) in [5, 5.41) is 9.24. The van der Waals surface area contributed by atoms with Gasteiger partial charge in [-0.3, -0.25) is 4.79 Å². The molecule has 0 bridgehead atoms. The van der Waals surface area contributed by atoms with Crippen molar-refractivity contribution in [2.75, 3.05) is 0 Å². The van der Waals surface area contributed by atoms with Crippen LogP contribution in [0.1, 0.15) is 31.7 Å². The zero-order valence-corrected chi connectivity index (χ0v) is 11.3. The Morgan fingerprint density at radius 3 is 2.95 bits per heavy atom. The number of nitrogens with zero attached hydrogens (tertiary/aromatic N) is 1. The lowest BCUT2D eigenvalue weighted by Gasteiger charge is -2.06. The summed E-state index contributed by atoms with van der Waals surface area (Å²) in [5.74, 6) is 0.0485. The molecule has 0 saturated heterocycles. The third kappa shape index (κ3) is 6.53. The van der Waals surface area contributed by atoms with E-state index in [1.54, 1.807) is 24.3 Å². The van der Waals surface area contributed by atoms with Crippen molar-refractivity contribution in [3.8, 4) is 5.75 Å². The molecule has 0 aliphatic heterocycles. The van der Waals surface area contributed by atoms with Crippen LogP contribution in [0, 0.1) is 10.1 Å². The first-order chi connectivity index (χ1) is 9.61. The molecule has 6 nitrogen and oxygen atoms in total. The first kappa shape index (κ1) is 15.7. The first-order valence-electron chi connectivity index (χ1n) is 6.30. The van der Waals surface area contributed by atoms with Crippen molar-refractivity contribution in [2.24, 2.45) is 0 Å². The maximum Gasteiger partial charge on any atom is 0.311 e. The molecule has 1 aromatic rings. The number of esters is 1. The van der Waals surface area contributed by atoms with E-state index in [-0.39, 0.29) is 12.6 Å². The highest BCUT2D eigenvalue weighted by Gasteiger charge is 2.05. The van der Waals surface area contributed by atoms with Crippen molar-refractivity contribution in [3.63, 3.8) is 0 Å². The number of carbonyl (C=O) groups is 1. The average Bonchev–Trinajstić information content (AvgIpc) is 2.42. The normalized spacial score (nSPS) is 10.4. The van der Waals surface area contributed by atoms with E-state index in [9.17, 15) is 14.9 Å². The summed E-state index contributed by atoms with van der Waals surface area (Å²) in [6.45, 7) is 1.76. The van der Waals surface area contributed by atoms with Crippen LogP contribution in [0.5, 0.6) is 5.75 Å². The third-order valence-corrected chi connectivity index (χ3v) is 2.45. The fraction of sp³-hybridized carbons (Fsp3) is 0.357. The molecule has 0 heterocycles. The fourth-order valence-electron chi connectivity index (χ4n) is 1.54. The number of hydrogen-bond acceptors (Lipinski definition) is 5. The van der Waals surface area contributed by atoms with Gasteiger partial charge in [0.15, 0.2) is 0 Å². The summed E-state index contributed by atoms with van der Waals surface area (Å²) >= 11 is 0. The van der Waals surface area contributed by atoms with E-state index in [0.29, 0.717) is 17.7 Å². The molecular formula is C14H17NO5. The second kappa shape index (κ2) is 8.68. The monoisotopic (exact) mass is 279 g/mol. The summed E-state index contributed by atoms with van der Waals surface area (Å²) in [6.07, 6.45) is 5.82. The standard InChI is InChI=1S/C14H17NO5/c1-2-3-4-5-9-14(16)20-13-8-6-7-12(10-13)11-19-15(17)18/h2-3,6-8,10H,4-5,9,11H2,1H3/b3-2-. The molecule has 0 fully saturated rings. The summed E-state index contributed by atoms with van der Waals surface area (Å²) in [7, 11) is 0. The number of allylic oxidation sites excluding steroid dienone is 2. The van der Waals surface area contributed by atoms with Crippen LogP contribution in [0.15, 0.2) is 36.4 Å². The van der Waals surface area contributed by atoms with Crippen LogP contribution in [-0.4, -0.2) is 11.1 Å². The minimum absolute atomic E-state index is 0.167. The van der Waals surface area contributed by atoms with Gasteiger partial charge in [-0.25, -0.2) is 0 Å². The minimum atomic E-state index is -0.861. The van der Waals surface area contributed by atoms with E-state index in [1.165, 1.54) is 0 Å². The summed E-state index contributed by atoms with van der Waals surface area (Å²) in [5.41, 5.74) is 0.570. The second-order valence-corrected chi connectivity index (χ2v) is 4.08. The molecule has 0 N–H and O–H groups in total. The van der Waals surface area contributed by atoms with E-state index in [1.807, 2.05) is 19.1 Å². The molecule has 0 atom stereocenters. The van der Waals surface area contributed by atoms with Crippen molar-refractivity contribution in [3.05, 3.63) is 52.1 Å². The molecule has 6 heteroatoms. The largest absolute Gasteiger partial charge is 0.427 e. The molecule has 0 saturated carbocycles. The van der Waals surface area contributed by atoms with Gasteiger partial charge in [-0.1, -0.05) is 24.3 Å². The highest BCUT2D eigenvalue weighted by molar-refractivity contribution is 5.72. The van der Waals surface area contributed by atoms with Crippen molar-refractivity contribution in [2.45, 2.75) is 32.8 Å². The Bertz CT molecular complexity index is 484. The summed E-state index contributed by atoms with van der Waals surface area (Å²) < 4.78 is 5.15. The highest BCUT2D eigenvalue weighted by Crippen LogP contribution is 2.15. The fourth-order valence-corrected chi connectivity index (χ4v) is 1.54. The number of unbranched alkanes of at least 4 members (excludes halogenated alkanes) is 1. The SMILES string of the molecule is C/C=C\CCCC(=O)Oc1cccc(CO[N+](=O)[O-])c1. The van der Waals surface area contributed by atoms with Crippen molar-refractivity contribution in [1.29, 1.82) is 0 Å². The zero-order valence-electron chi connectivity index (χ0n) is 11.3. The van der Waals surface area contributed by atoms with Crippen LogP contribution in [0.4, 0.5) is 0 Å². The van der Waals surface area contributed by atoms with E-state index in [0.717, 1.165) is 12.8 Å². The molecule has 1 rings (SSSR count). The number of hydrogen-bond donors (Lipinski definition) is 0. The predicted molar refractivity (Wildman–Crippen MR) is 72.5 cm³/mol. The quantitative estimate of drug-likeness (QED) is 0.182. The lowest BCUT2D eigenvalue weighted by atomic mass is 10.2. The molecule has 1 aromatic carbocycles. The lowest BCUT2D eigenvalue weighted by Crippen LogP contribution is -2.08. The number of ether oxygens (including phenoxy) is 1. The van der Waals surface area contributed by atoms with E-state index < -0.39 is 5.09 Å². The van der Waals surface area contributed by atoms with Crippen LogP contribution in [0.3, 0.4) is 0 Å². The van der Waals surface area contributed by atoms with Gasteiger partial charge >= 0.3 is 5.97 Å². The maximum absolute atomic E-state index is 11.6. The molecule has 0 aliphatic carbocycles. The zero-order chi connectivity index (χ0) is 14.8. The Labute approximate surface area is 117 Å². The van der Waals surface area contributed by atoms with Crippen molar-refractivity contribution >= 4 is 5.97 Å². The van der Waals surface area contributed by atoms with Gasteiger partial charge in [0.25, 0.3) is 5.09 Å². The van der Waals surface area contributed by atoms with E-state index >= 15 is 0 Å². The van der Waals surface area contributed by atoms with Gasteiger partial charge < -0.3 is 9.57 Å². The van der Waals surface area contributed by atoms with Gasteiger partial charge in [-0.15, -0.1) is 10.1 Å². The molecule has 0 unspecified atom stereocenters. The molecule has 0 amide bonds. The van der Waals surface area contributed by atoms with Crippen LogP contribution in [0.2, 0.25) is 0 Å².